The average molecular weight is 467 g/mol. The molecule has 0 fully saturated rings. The van der Waals surface area contributed by atoms with E-state index in [2.05, 4.69) is 62.9 Å². The molecule has 0 saturated heterocycles. The standard InChI is InChI=1S/C23H19BrN2O2S/c1-28-21-11-10-16(24)12-15(21)13-25-26-22(27)14-29-23-19-8-4-2-6-17(19)18-7-3-5-9-20(18)23/h2-13,23H,14H2,1H3,(H,26,27)/b25-13-. The van der Waals surface area contributed by atoms with Crippen molar-refractivity contribution in [2.24, 2.45) is 5.10 Å². The molecular weight excluding hydrogens is 448 g/mol. The first-order valence-corrected chi connectivity index (χ1v) is 11.0. The van der Waals surface area contributed by atoms with Gasteiger partial charge in [0.2, 0.25) is 5.91 Å². The fourth-order valence-corrected chi connectivity index (χ4v) is 4.99. The van der Waals surface area contributed by atoms with Crippen molar-refractivity contribution in [3.05, 3.63) is 87.9 Å². The summed E-state index contributed by atoms with van der Waals surface area (Å²) in [5.41, 5.74) is 8.42. The molecule has 0 spiro atoms. The Bertz CT molecular complexity index is 1040. The molecule has 4 nitrogen and oxygen atoms in total. The van der Waals surface area contributed by atoms with Gasteiger partial charge in [-0.15, -0.1) is 11.8 Å². The lowest BCUT2D eigenvalue weighted by Gasteiger charge is -2.12. The number of halogens is 1. The maximum atomic E-state index is 12.3. The van der Waals surface area contributed by atoms with Crippen LogP contribution in [0.1, 0.15) is 21.9 Å². The predicted molar refractivity (Wildman–Crippen MR) is 123 cm³/mol. The summed E-state index contributed by atoms with van der Waals surface area (Å²) in [6, 6.07) is 22.4. The molecule has 146 valence electrons. The zero-order chi connectivity index (χ0) is 20.2. The summed E-state index contributed by atoms with van der Waals surface area (Å²) < 4.78 is 6.23. The largest absolute Gasteiger partial charge is 0.496 e. The monoisotopic (exact) mass is 466 g/mol. The smallest absolute Gasteiger partial charge is 0.250 e. The highest BCUT2D eigenvalue weighted by molar-refractivity contribution is 9.10. The average Bonchev–Trinajstić information content (AvgIpc) is 3.06. The van der Waals surface area contributed by atoms with Gasteiger partial charge in [0.1, 0.15) is 5.75 Å². The number of amides is 1. The van der Waals surface area contributed by atoms with E-state index in [9.17, 15) is 4.79 Å². The van der Waals surface area contributed by atoms with Gasteiger partial charge in [0.25, 0.3) is 0 Å². The van der Waals surface area contributed by atoms with E-state index in [4.69, 9.17) is 4.74 Å². The van der Waals surface area contributed by atoms with Crippen LogP contribution in [-0.4, -0.2) is 25.0 Å². The highest BCUT2D eigenvalue weighted by Crippen LogP contribution is 2.49. The van der Waals surface area contributed by atoms with Gasteiger partial charge in [-0.05, 0) is 40.5 Å². The van der Waals surface area contributed by atoms with Gasteiger partial charge in [0, 0.05) is 10.0 Å². The highest BCUT2D eigenvalue weighted by Gasteiger charge is 2.28. The lowest BCUT2D eigenvalue weighted by molar-refractivity contribution is -0.118. The van der Waals surface area contributed by atoms with E-state index in [0.717, 1.165) is 10.0 Å². The number of hydrogen-bond acceptors (Lipinski definition) is 4. The Morgan fingerprint density at radius 3 is 2.41 bits per heavy atom. The molecule has 3 aromatic rings. The minimum absolute atomic E-state index is 0.137. The van der Waals surface area contributed by atoms with Gasteiger partial charge in [-0.2, -0.15) is 5.10 Å². The van der Waals surface area contributed by atoms with Crippen LogP contribution in [0, 0.1) is 0 Å². The minimum Gasteiger partial charge on any atom is -0.496 e. The number of carbonyl (C=O) groups excluding carboxylic acids is 1. The van der Waals surface area contributed by atoms with Crippen molar-refractivity contribution in [2.75, 3.05) is 12.9 Å². The number of nitrogens with zero attached hydrogens (tertiary/aromatic N) is 1. The van der Waals surface area contributed by atoms with Gasteiger partial charge < -0.3 is 4.74 Å². The van der Waals surface area contributed by atoms with Crippen molar-refractivity contribution in [3.8, 4) is 16.9 Å². The molecule has 0 radical (unpaired) electrons. The third-order valence-corrected chi connectivity index (χ3v) is 6.51. The first kappa shape index (κ1) is 19.7. The number of hydrazone groups is 1. The molecule has 0 unspecified atom stereocenters. The number of rotatable bonds is 6. The van der Waals surface area contributed by atoms with Gasteiger partial charge in [-0.25, -0.2) is 5.43 Å². The van der Waals surface area contributed by atoms with Crippen molar-refractivity contribution < 1.29 is 9.53 Å². The zero-order valence-corrected chi connectivity index (χ0v) is 18.2. The fraction of sp³-hybridized carbons (Fsp3) is 0.130. The van der Waals surface area contributed by atoms with Gasteiger partial charge in [0.05, 0.1) is 24.3 Å². The van der Waals surface area contributed by atoms with Gasteiger partial charge in [0.15, 0.2) is 0 Å². The number of benzene rings is 3. The topological polar surface area (TPSA) is 50.7 Å². The number of ether oxygens (including phenoxy) is 1. The second-order valence-electron chi connectivity index (χ2n) is 6.54. The molecule has 0 aliphatic heterocycles. The number of hydrogen-bond donors (Lipinski definition) is 1. The third-order valence-electron chi connectivity index (χ3n) is 4.74. The van der Waals surface area contributed by atoms with Crippen LogP contribution in [0.2, 0.25) is 0 Å². The maximum Gasteiger partial charge on any atom is 0.250 e. The summed E-state index contributed by atoms with van der Waals surface area (Å²) in [7, 11) is 1.60. The van der Waals surface area contributed by atoms with E-state index in [1.54, 1.807) is 25.1 Å². The van der Waals surface area contributed by atoms with E-state index >= 15 is 0 Å². The number of fused-ring (bicyclic) bond motifs is 3. The Labute approximate surface area is 182 Å². The van der Waals surface area contributed by atoms with Gasteiger partial charge in [-0.1, -0.05) is 64.5 Å². The summed E-state index contributed by atoms with van der Waals surface area (Å²) in [5.74, 6) is 0.877. The van der Waals surface area contributed by atoms with Crippen LogP contribution in [0.5, 0.6) is 5.75 Å². The van der Waals surface area contributed by atoms with E-state index < -0.39 is 0 Å². The minimum atomic E-state index is -0.137. The van der Waals surface area contributed by atoms with Crippen molar-refractivity contribution >= 4 is 39.8 Å². The lowest BCUT2D eigenvalue weighted by Crippen LogP contribution is -2.20. The highest BCUT2D eigenvalue weighted by atomic mass is 79.9. The second kappa shape index (κ2) is 8.84. The van der Waals surface area contributed by atoms with Crippen LogP contribution in [-0.2, 0) is 4.79 Å². The number of nitrogens with one attached hydrogen (secondary N) is 1. The van der Waals surface area contributed by atoms with E-state index in [1.807, 2.05) is 30.3 Å². The Morgan fingerprint density at radius 1 is 1.10 bits per heavy atom. The number of thioether (sulfide) groups is 1. The second-order valence-corrected chi connectivity index (χ2v) is 8.55. The van der Waals surface area contributed by atoms with E-state index in [1.165, 1.54) is 22.3 Å². The summed E-state index contributed by atoms with van der Waals surface area (Å²) >= 11 is 5.04. The van der Waals surface area contributed by atoms with Crippen LogP contribution in [0.25, 0.3) is 11.1 Å². The summed E-state index contributed by atoms with van der Waals surface area (Å²) in [4.78, 5) is 12.3. The molecule has 3 aromatic carbocycles. The molecule has 0 saturated carbocycles. The van der Waals surface area contributed by atoms with Crippen LogP contribution < -0.4 is 10.2 Å². The van der Waals surface area contributed by atoms with Crippen LogP contribution >= 0.6 is 27.7 Å². The Kier molecular flexibility index (Phi) is 6.02. The zero-order valence-electron chi connectivity index (χ0n) is 15.8. The molecule has 29 heavy (non-hydrogen) atoms. The molecule has 0 atom stereocenters. The quantitative estimate of drug-likeness (QED) is 0.390. The first-order valence-electron chi connectivity index (χ1n) is 9.12. The van der Waals surface area contributed by atoms with Crippen LogP contribution in [0.15, 0.2) is 76.3 Å². The van der Waals surface area contributed by atoms with Crippen molar-refractivity contribution in [2.45, 2.75) is 5.25 Å². The molecule has 0 aromatic heterocycles. The Balaban J connectivity index is 1.41. The molecule has 1 aliphatic carbocycles. The fourth-order valence-electron chi connectivity index (χ4n) is 3.46. The number of carbonyl (C=O) groups is 1. The summed E-state index contributed by atoms with van der Waals surface area (Å²) in [6.45, 7) is 0. The molecule has 1 amide bonds. The normalized spacial score (nSPS) is 12.6. The van der Waals surface area contributed by atoms with E-state index in [-0.39, 0.29) is 11.2 Å². The SMILES string of the molecule is COc1ccc(Br)cc1/C=N\NC(=O)CSC1c2ccccc2-c2ccccc21. The van der Waals surface area contributed by atoms with Gasteiger partial charge in [-0.3, -0.25) is 4.79 Å². The lowest BCUT2D eigenvalue weighted by atomic mass is 10.1. The number of methoxy groups -OCH3 is 1. The maximum absolute atomic E-state index is 12.3. The molecule has 0 heterocycles. The van der Waals surface area contributed by atoms with Crippen molar-refractivity contribution in [1.29, 1.82) is 0 Å². The molecule has 1 N–H and O–H groups in total. The molecule has 4 rings (SSSR count). The van der Waals surface area contributed by atoms with Crippen molar-refractivity contribution in [1.82, 2.24) is 5.43 Å². The van der Waals surface area contributed by atoms with Gasteiger partial charge >= 0.3 is 0 Å². The summed E-state index contributed by atoms with van der Waals surface area (Å²) in [6.07, 6.45) is 1.59. The van der Waals surface area contributed by atoms with Crippen LogP contribution in [0.3, 0.4) is 0 Å². The first-order chi connectivity index (χ1) is 14.2. The Hall–Kier alpha value is -2.57. The molecule has 6 heteroatoms. The molecular formula is C23H19BrN2O2S. The summed E-state index contributed by atoms with van der Waals surface area (Å²) in [5, 5.41) is 4.24. The predicted octanol–water partition coefficient (Wildman–Crippen LogP) is 5.41. The third kappa shape index (κ3) is 4.23. The molecule has 1 aliphatic rings. The molecule has 0 bridgehead atoms. The van der Waals surface area contributed by atoms with E-state index in [0.29, 0.717) is 11.5 Å². The van der Waals surface area contributed by atoms with Crippen molar-refractivity contribution in [3.63, 3.8) is 0 Å². The van der Waals surface area contributed by atoms with Crippen LogP contribution in [0.4, 0.5) is 0 Å². The Morgan fingerprint density at radius 2 is 1.76 bits per heavy atom.